The van der Waals surface area contributed by atoms with Crippen LogP contribution < -0.4 is 5.32 Å². The summed E-state index contributed by atoms with van der Waals surface area (Å²) in [5.74, 6) is -0.349. The lowest BCUT2D eigenvalue weighted by molar-refractivity contribution is -0.140. The van der Waals surface area contributed by atoms with Crippen molar-refractivity contribution in [3.05, 3.63) is 105 Å². The minimum atomic E-state index is -0.672. The van der Waals surface area contributed by atoms with Crippen LogP contribution in [0.5, 0.6) is 0 Å². The Labute approximate surface area is 199 Å². The molecule has 0 aliphatic heterocycles. The van der Waals surface area contributed by atoms with E-state index in [4.69, 9.17) is 23.2 Å². The number of rotatable bonds is 8. The van der Waals surface area contributed by atoms with Crippen LogP contribution in [0, 0.1) is 6.92 Å². The van der Waals surface area contributed by atoms with E-state index in [0.29, 0.717) is 16.5 Å². The van der Waals surface area contributed by atoms with Gasteiger partial charge in [0.25, 0.3) is 0 Å². The molecule has 0 spiro atoms. The molecule has 3 aromatic rings. The van der Waals surface area contributed by atoms with E-state index in [1.165, 1.54) is 0 Å². The third kappa shape index (κ3) is 6.35. The van der Waals surface area contributed by atoms with Gasteiger partial charge in [-0.1, -0.05) is 89.4 Å². The molecule has 0 saturated heterocycles. The molecule has 6 heteroatoms. The number of nitrogens with one attached hydrogen (secondary N) is 1. The van der Waals surface area contributed by atoms with Crippen molar-refractivity contribution in [3.8, 4) is 0 Å². The van der Waals surface area contributed by atoms with E-state index in [-0.39, 0.29) is 24.8 Å². The Kier molecular flexibility index (Phi) is 8.32. The van der Waals surface area contributed by atoms with Gasteiger partial charge in [-0.25, -0.2) is 0 Å². The van der Waals surface area contributed by atoms with E-state index in [1.807, 2.05) is 67.6 Å². The van der Waals surface area contributed by atoms with Gasteiger partial charge in [0.2, 0.25) is 11.8 Å². The third-order valence-corrected chi connectivity index (χ3v) is 6.03. The lowest BCUT2D eigenvalue weighted by Gasteiger charge is -2.31. The highest BCUT2D eigenvalue weighted by Crippen LogP contribution is 2.24. The molecular weight excluding hydrogens is 443 g/mol. The van der Waals surface area contributed by atoms with E-state index in [9.17, 15) is 9.59 Å². The van der Waals surface area contributed by atoms with Gasteiger partial charge < -0.3 is 10.2 Å². The first-order chi connectivity index (χ1) is 15.4. The summed E-state index contributed by atoms with van der Waals surface area (Å²) in [5.41, 5.74) is 3.77. The molecule has 0 aliphatic carbocycles. The summed E-state index contributed by atoms with van der Waals surface area (Å²) in [6.45, 7) is 2.23. The molecule has 0 heterocycles. The molecule has 1 N–H and O–H groups in total. The van der Waals surface area contributed by atoms with Gasteiger partial charge >= 0.3 is 0 Å². The van der Waals surface area contributed by atoms with Crippen molar-refractivity contribution >= 4 is 35.0 Å². The molecule has 0 fully saturated rings. The van der Waals surface area contributed by atoms with Crippen LogP contribution in [0.4, 0.5) is 0 Å². The molecule has 32 heavy (non-hydrogen) atoms. The highest BCUT2D eigenvalue weighted by molar-refractivity contribution is 6.42. The van der Waals surface area contributed by atoms with Crippen LogP contribution in [0.25, 0.3) is 0 Å². The first-order valence-corrected chi connectivity index (χ1v) is 11.2. The Bertz CT molecular complexity index is 1090. The molecule has 3 rings (SSSR count). The van der Waals surface area contributed by atoms with Crippen LogP contribution in [0.1, 0.15) is 22.3 Å². The summed E-state index contributed by atoms with van der Waals surface area (Å²) in [6.07, 6.45) is 0.604. The fourth-order valence-corrected chi connectivity index (χ4v) is 3.97. The normalized spacial score (nSPS) is 11.6. The number of nitrogens with zero attached hydrogens (tertiary/aromatic N) is 1. The maximum atomic E-state index is 13.5. The van der Waals surface area contributed by atoms with Gasteiger partial charge in [0.05, 0.1) is 16.5 Å². The molecule has 166 valence electrons. The molecule has 0 aromatic heterocycles. The largest absolute Gasteiger partial charge is 0.357 e. The Morgan fingerprint density at radius 3 is 2.25 bits per heavy atom. The van der Waals surface area contributed by atoms with Gasteiger partial charge in [-0.15, -0.1) is 0 Å². The van der Waals surface area contributed by atoms with E-state index < -0.39 is 6.04 Å². The van der Waals surface area contributed by atoms with E-state index in [0.717, 1.165) is 22.3 Å². The van der Waals surface area contributed by atoms with Gasteiger partial charge in [0, 0.05) is 20.0 Å². The van der Waals surface area contributed by atoms with Crippen LogP contribution in [0.3, 0.4) is 0 Å². The van der Waals surface area contributed by atoms with Gasteiger partial charge in [-0.2, -0.15) is 0 Å². The quantitative estimate of drug-likeness (QED) is 0.491. The maximum absolute atomic E-state index is 13.5. The average Bonchev–Trinajstić information content (AvgIpc) is 2.78. The van der Waals surface area contributed by atoms with Gasteiger partial charge in [-0.3, -0.25) is 9.59 Å². The van der Waals surface area contributed by atoms with Gasteiger partial charge in [0.15, 0.2) is 0 Å². The lowest BCUT2D eigenvalue weighted by Crippen LogP contribution is -2.50. The molecular formula is C26H26Cl2N2O2. The number of carbonyl (C=O) groups is 2. The van der Waals surface area contributed by atoms with E-state index in [1.54, 1.807) is 24.1 Å². The van der Waals surface area contributed by atoms with Crippen molar-refractivity contribution in [2.75, 3.05) is 7.05 Å². The number of aryl methyl sites for hydroxylation is 1. The number of hydrogen-bond donors (Lipinski definition) is 1. The van der Waals surface area contributed by atoms with E-state index >= 15 is 0 Å². The maximum Gasteiger partial charge on any atom is 0.242 e. The van der Waals surface area contributed by atoms with Crippen molar-refractivity contribution < 1.29 is 9.59 Å². The minimum absolute atomic E-state index is 0.133. The van der Waals surface area contributed by atoms with Crippen molar-refractivity contribution in [2.45, 2.75) is 32.4 Å². The summed E-state index contributed by atoms with van der Waals surface area (Å²) in [7, 11) is 1.59. The summed E-state index contributed by atoms with van der Waals surface area (Å²) in [4.78, 5) is 28.1. The standard InChI is InChI=1S/C26H26Cl2N2O2/c1-18-7-6-10-20(13-18)16-25(31)30(17-21-11-12-22(27)23(28)14-21)24(26(32)29-2)15-19-8-4-3-5-9-19/h3-14,24H,15-17H2,1-2H3,(H,29,32). The second-order valence-electron chi connectivity index (χ2n) is 7.76. The zero-order valence-corrected chi connectivity index (χ0v) is 19.7. The fraction of sp³-hybridized carbons (Fsp3) is 0.231. The number of carbonyl (C=O) groups excluding carboxylic acids is 2. The van der Waals surface area contributed by atoms with Gasteiger partial charge in [-0.05, 0) is 35.7 Å². The number of likely N-dealkylation sites (N-methyl/N-ethyl adjacent to an activating group) is 1. The Hall–Kier alpha value is -2.82. The smallest absolute Gasteiger partial charge is 0.242 e. The summed E-state index contributed by atoms with van der Waals surface area (Å²) >= 11 is 12.3. The van der Waals surface area contributed by atoms with Gasteiger partial charge in [0.1, 0.15) is 6.04 Å². The van der Waals surface area contributed by atoms with Crippen LogP contribution in [0.2, 0.25) is 10.0 Å². The predicted molar refractivity (Wildman–Crippen MR) is 130 cm³/mol. The molecule has 3 aromatic carbocycles. The van der Waals surface area contributed by atoms with E-state index in [2.05, 4.69) is 5.32 Å². The first-order valence-electron chi connectivity index (χ1n) is 10.4. The highest BCUT2D eigenvalue weighted by Gasteiger charge is 2.30. The second-order valence-corrected chi connectivity index (χ2v) is 8.57. The molecule has 0 saturated carbocycles. The third-order valence-electron chi connectivity index (χ3n) is 5.29. The minimum Gasteiger partial charge on any atom is -0.357 e. The van der Waals surface area contributed by atoms with Crippen molar-refractivity contribution in [2.24, 2.45) is 0 Å². The predicted octanol–water partition coefficient (Wildman–Crippen LogP) is 5.23. The van der Waals surface area contributed by atoms with Crippen LogP contribution in [-0.4, -0.2) is 29.8 Å². The van der Waals surface area contributed by atoms with Crippen molar-refractivity contribution in [1.29, 1.82) is 0 Å². The van der Waals surface area contributed by atoms with Crippen LogP contribution in [0.15, 0.2) is 72.8 Å². The SMILES string of the molecule is CNC(=O)C(Cc1ccccc1)N(Cc1ccc(Cl)c(Cl)c1)C(=O)Cc1cccc(C)c1. The monoisotopic (exact) mass is 468 g/mol. The number of amides is 2. The molecule has 1 unspecified atom stereocenters. The first kappa shape index (κ1) is 23.8. The summed E-state index contributed by atoms with van der Waals surface area (Å²) < 4.78 is 0. The molecule has 2 amide bonds. The molecule has 0 radical (unpaired) electrons. The fourth-order valence-electron chi connectivity index (χ4n) is 3.65. The average molecular weight is 469 g/mol. The number of halogens is 2. The zero-order valence-electron chi connectivity index (χ0n) is 18.1. The molecule has 1 atom stereocenters. The van der Waals surface area contributed by atoms with Crippen molar-refractivity contribution in [1.82, 2.24) is 10.2 Å². The lowest BCUT2D eigenvalue weighted by atomic mass is 10.0. The number of benzene rings is 3. The summed E-state index contributed by atoms with van der Waals surface area (Å²) in [6, 6.07) is 22.1. The van der Waals surface area contributed by atoms with Crippen LogP contribution >= 0.6 is 23.2 Å². The van der Waals surface area contributed by atoms with Crippen molar-refractivity contribution in [3.63, 3.8) is 0 Å². The number of hydrogen-bond acceptors (Lipinski definition) is 2. The Morgan fingerprint density at radius 2 is 1.59 bits per heavy atom. The second kappa shape index (κ2) is 11.2. The highest BCUT2D eigenvalue weighted by atomic mass is 35.5. The molecule has 0 aliphatic rings. The Morgan fingerprint density at radius 1 is 0.875 bits per heavy atom. The Balaban J connectivity index is 1.96. The molecule has 4 nitrogen and oxygen atoms in total. The summed E-state index contributed by atoms with van der Waals surface area (Å²) in [5, 5.41) is 3.58. The van der Waals surface area contributed by atoms with Crippen LogP contribution in [-0.2, 0) is 29.0 Å². The zero-order chi connectivity index (χ0) is 23.1. The molecule has 0 bridgehead atoms. The topological polar surface area (TPSA) is 49.4 Å².